The van der Waals surface area contributed by atoms with Crippen LogP contribution in [0.5, 0.6) is 0 Å². The van der Waals surface area contributed by atoms with Gasteiger partial charge in [-0.2, -0.15) is 27.1 Å². The van der Waals surface area contributed by atoms with Crippen molar-refractivity contribution in [2.24, 2.45) is 5.92 Å². The molecule has 0 radical (unpaired) electrons. The lowest BCUT2D eigenvalue weighted by Gasteiger charge is -2.16. The number of pyridine rings is 1. The van der Waals surface area contributed by atoms with Gasteiger partial charge in [-0.1, -0.05) is 6.92 Å². The molecular weight excluding hydrogens is 415 g/mol. The molecule has 0 aliphatic carbocycles. The topological polar surface area (TPSA) is 59.8 Å². The Hall–Kier alpha value is -2.17. The summed E-state index contributed by atoms with van der Waals surface area (Å²) in [5, 5.41) is 6.98. The molecule has 11 heteroatoms. The maximum Gasteiger partial charge on any atom is 0.389 e. The van der Waals surface area contributed by atoms with Gasteiger partial charge >= 0.3 is 6.18 Å². The molecule has 0 saturated heterocycles. The molecule has 1 unspecified atom stereocenters. The number of nitrogens with zero attached hydrogens (tertiary/aromatic N) is 3. The maximum atomic E-state index is 13.9. The number of hydrogen-bond donors (Lipinski definition) is 1. The highest BCUT2D eigenvalue weighted by Crippen LogP contribution is 2.32. The van der Waals surface area contributed by atoms with Crippen LogP contribution in [0.15, 0.2) is 23.4 Å². The minimum atomic E-state index is -4.41. The van der Waals surface area contributed by atoms with E-state index in [0.29, 0.717) is 17.6 Å². The van der Waals surface area contributed by atoms with Crippen LogP contribution in [0.25, 0.3) is 0 Å². The molecular formula is C18H21F5N4OS. The van der Waals surface area contributed by atoms with E-state index >= 15 is 0 Å². The van der Waals surface area contributed by atoms with Crippen molar-refractivity contribution in [3.8, 4) is 0 Å². The SMILES string of the molecule is CSc1cc(NC(=O)c2c(C)c(C(C)(F)F)nn2CC(C)CC(F)(F)F)ccn1. The number of rotatable bonds is 7. The Balaban J connectivity index is 2.39. The van der Waals surface area contributed by atoms with Crippen molar-refractivity contribution in [1.29, 1.82) is 0 Å². The van der Waals surface area contributed by atoms with Gasteiger partial charge < -0.3 is 5.32 Å². The van der Waals surface area contributed by atoms with Crippen molar-refractivity contribution in [2.75, 3.05) is 11.6 Å². The molecule has 29 heavy (non-hydrogen) atoms. The predicted molar refractivity (Wildman–Crippen MR) is 100 cm³/mol. The summed E-state index contributed by atoms with van der Waals surface area (Å²) in [6.07, 6.45) is -2.26. The van der Waals surface area contributed by atoms with Crippen molar-refractivity contribution in [2.45, 2.75) is 50.9 Å². The molecule has 0 fully saturated rings. The summed E-state index contributed by atoms with van der Waals surface area (Å²) in [4.78, 5) is 16.9. The van der Waals surface area contributed by atoms with E-state index in [2.05, 4.69) is 15.4 Å². The Morgan fingerprint density at radius 2 is 1.97 bits per heavy atom. The lowest BCUT2D eigenvalue weighted by molar-refractivity contribution is -0.144. The summed E-state index contributed by atoms with van der Waals surface area (Å²) in [5.74, 6) is -5.04. The normalized spacial score (nSPS) is 13.4. The second kappa shape index (κ2) is 8.68. The highest BCUT2D eigenvalue weighted by Gasteiger charge is 2.36. The number of aromatic nitrogens is 3. The Morgan fingerprint density at radius 3 is 2.52 bits per heavy atom. The number of nitrogens with one attached hydrogen (secondary N) is 1. The third kappa shape index (κ3) is 6.15. The quantitative estimate of drug-likeness (QED) is 0.475. The van der Waals surface area contributed by atoms with E-state index in [-0.39, 0.29) is 17.8 Å². The first kappa shape index (κ1) is 23.1. The average Bonchev–Trinajstić information content (AvgIpc) is 2.89. The van der Waals surface area contributed by atoms with Crippen LogP contribution in [0, 0.1) is 12.8 Å². The molecule has 5 nitrogen and oxygen atoms in total. The summed E-state index contributed by atoms with van der Waals surface area (Å²) in [7, 11) is 0. The number of carbonyl (C=O) groups excluding carboxylic acids is 1. The Labute approximate surface area is 169 Å². The lowest BCUT2D eigenvalue weighted by atomic mass is 10.1. The van der Waals surface area contributed by atoms with E-state index in [1.165, 1.54) is 37.9 Å². The van der Waals surface area contributed by atoms with Crippen molar-refractivity contribution in [3.05, 3.63) is 35.3 Å². The summed E-state index contributed by atoms with van der Waals surface area (Å²) >= 11 is 1.35. The maximum absolute atomic E-state index is 13.9. The van der Waals surface area contributed by atoms with E-state index in [0.717, 1.165) is 4.68 Å². The molecule has 1 N–H and O–H groups in total. The van der Waals surface area contributed by atoms with Crippen LogP contribution in [-0.2, 0) is 12.5 Å². The molecule has 2 aromatic heterocycles. The second-order valence-electron chi connectivity index (χ2n) is 6.86. The van der Waals surface area contributed by atoms with Crippen LogP contribution < -0.4 is 5.32 Å². The minimum Gasteiger partial charge on any atom is -0.321 e. The fourth-order valence-corrected chi connectivity index (χ4v) is 3.34. The molecule has 0 aromatic carbocycles. The zero-order valence-corrected chi connectivity index (χ0v) is 17.1. The van der Waals surface area contributed by atoms with Crippen LogP contribution in [0.4, 0.5) is 27.6 Å². The van der Waals surface area contributed by atoms with Gasteiger partial charge in [0.1, 0.15) is 11.4 Å². The van der Waals surface area contributed by atoms with Gasteiger partial charge in [0.2, 0.25) is 0 Å². The monoisotopic (exact) mass is 436 g/mol. The highest BCUT2D eigenvalue weighted by molar-refractivity contribution is 7.98. The van der Waals surface area contributed by atoms with Crippen molar-refractivity contribution >= 4 is 23.4 Å². The number of thioether (sulfide) groups is 1. The van der Waals surface area contributed by atoms with E-state index in [1.807, 2.05) is 0 Å². The van der Waals surface area contributed by atoms with Crippen LogP contribution in [-0.4, -0.2) is 33.1 Å². The van der Waals surface area contributed by atoms with E-state index < -0.39 is 36.0 Å². The number of hydrogen-bond acceptors (Lipinski definition) is 4. The van der Waals surface area contributed by atoms with Gasteiger partial charge in [0.25, 0.3) is 11.8 Å². The van der Waals surface area contributed by atoms with Crippen molar-refractivity contribution in [3.63, 3.8) is 0 Å². The first-order valence-electron chi connectivity index (χ1n) is 8.65. The average molecular weight is 436 g/mol. The van der Waals surface area contributed by atoms with Crippen LogP contribution >= 0.6 is 11.8 Å². The number of halogens is 5. The van der Waals surface area contributed by atoms with Crippen LogP contribution in [0.1, 0.15) is 42.0 Å². The van der Waals surface area contributed by atoms with E-state index in [1.54, 1.807) is 12.3 Å². The Kier molecular flexibility index (Phi) is 6.92. The molecule has 2 rings (SSSR count). The zero-order chi connectivity index (χ0) is 22.0. The highest BCUT2D eigenvalue weighted by atomic mass is 32.2. The zero-order valence-electron chi connectivity index (χ0n) is 16.3. The fourth-order valence-electron chi connectivity index (χ4n) is 2.93. The van der Waals surface area contributed by atoms with Gasteiger partial charge in [-0.3, -0.25) is 9.48 Å². The molecule has 1 atom stereocenters. The first-order chi connectivity index (χ1) is 13.3. The summed E-state index contributed by atoms with van der Waals surface area (Å²) in [5.41, 5.74) is -0.526. The largest absolute Gasteiger partial charge is 0.389 e. The summed E-state index contributed by atoms with van der Waals surface area (Å²) < 4.78 is 66.7. The first-order valence-corrected chi connectivity index (χ1v) is 9.88. The molecule has 0 aliphatic heterocycles. The van der Waals surface area contributed by atoms with Crippen LogP contribution in [0.3, 0.4) is 0 Å². The molecule has 160 valence electrons. The van der Waals surface area contributed by atoms with E-state index in [4.69, 9.17) is 0 Å². The van der Waals surface area contributed by atoms with Gasteiger partial charge in [0, 0.05) is 37.3 Å². The van der Waals surface area contributed by atoms with Gasteiger partial charge in [0.15, 0.2) is 0 Å². The number of alkyl halides is 5. The van der Waals surface area contributed by atoms with Gasteiger partial charge in [-0.25, -0.2) is 4.98 Å². The van der Waals surface area contributed by atoms with E-state index in [9.17, 15) is 26.7 Å². The number of anilines is 1. The third-order valence-electron chi connectivity index (χ3n) is 4.09. The molecule has 1 amide bonds. The van der Waals surface area contributed by atoms with Crippen molar-refractivity contribution < 1.29 is 26.7 Å². The number of carbonyl (C=O) groups is 1. The number of amides is 1. The molecule has 0 aliphatic rings. The van der Waals surface area contributed by atoms with Gasteiger partial charge in [0.05, 0.1) is 5.03 Å². The standard InChI is InChI=1S/C18H21F5N4OS/c1-10(8-18(21,22)23)9-27-14(11(2)15(26-27)17(3,19)20)16(28)25-12-5-6-24-13(7-12)29-4/h5-7,10H,8-9H2,1-4H3,(H,24,25,28). The molecule has 0 spiro atoms. The smallest absolute Gasteiger partial charge is 0.321 e. The third-order valence-corrected chi connectivity index (χ3v) is 4.73. The molecule has 0 bridgehead atoms. The Bertz CT molecular complexity index is 876. The molecule has 2 aromatic rings. The summed E-state index contributed by atoms with van der Waals surface area (Å²) in [6.45, 7) is 2.93. The second-order valence-corrected chi connectivity index (χ2v) is 7.68. The van der Waals surface area contributed by atoms with Crippen LogP contribution in [0.2, 0.25) is 0 Å². The predicted octanol–water partition coefficient (Wildman–Crippen LogP) is 5.26. The van der Waals surface area contributed by atoms with Gasteiger partial charge in [-0.05, 0) is 31.2 Å². The Morgan fingerprint density at radius 1 is 1.31 bits per heavy atom. The lowest BCUT2D eigenvalue weighted by Crippen LogP contribution is -2.23. The fraction of sp³-hybridized carbons (Fsp3) is 0.500. The van der Waals surface area contributed by atoms with Gasteiger partial charge in [-0.15, -0.1) is 11.8 Å². The molecule has 2 heterocycles. The minimum absolute atomic E-state index is 0.0756. The van der Waals surface area contributed by atoms with Crippen molar-refractivity contribution in [1.82, 2.24) is 14.8 Å². The summed E-state index contributed by atoms with van der Waals surface area (Å²) in [6, 6.07) is 3.12. The molecule has 0 saturated carbocycles.